The van der Waals surface area contributed by atoms with Crippen LogP contribution in [0.2, 0.25) is 0 Å². The molecule has 4 rings (SSSR count). The first-order valence-corrected chi connectivity index (χ1v) is 12.3. The fraction of sp³-hybridized carbons (Fsp3) is 0.179. The number of benzene rings is 1. The van der Waals surface area contributed by atoms with E-state index in [9.17, 15) is 4.79 Å². The lowest BCUT2D eigenvalue weighted by Gasteiger charge is -2.08. The number of carbonyl (C=O) groups excluding carboxylic acids is 1. The van der Waals surface area contributed by atoms with Crippen molar-refractivity contribution in [3.63, 3.8) is 0 Å². The van der Waals surface area contributed by atoms with Gasteiger partial charge in [-0.25, -0.2) is 9.97 Å². The molecule has 0 unspecified atom stereocenters. The summed E-state index contributed by atoms with van der Waals surface area (Å²) < 4.78 is 1.91. The number of amides is 1. The van der Waals surface area contributed by atoms with Crippen LogP contribution >= 0.6 is 11.3 Å². The molecule has 0 atom stereocenters. The van der Waals surface area contributed by atoms with Crippen LogP contribution in [0.4, 0.5) is 5.13 Å². The molecule has 4 aromatic rings. The van der Waals surface area contributed by atoms with Crippen molar-refractivity contribution in [2.75, 3.05) is 5.32 Å². The van der Waals surface area contributed by atoms with Gasteiger partial charge >= 0.3 is 0 Å². The lowest BCUT2D eigenvalue weighted by Crippen LogP contribution is -2.23. The monoisotopic (exact) mass is 483 g/mol. The molecule has 7 heteroatoms. The van der Waals surface area contributed by atoms with Gasteiger partial charge in [0.25, 0.3) is 5.91 Å². The van der Waals surface area contributed by atoms with E-state index in [0.29, 0.717) is 23.9 Å². The molecule has 0 aliphatic carbocycles. The van der Waals surface area contributed by atoms with Crippen LogP contribution in [0.1, 0.15) is 42.4 Å². The highest BCUT2D eigenvalue weighted by Crippen LogP contribution is 2.33. The van der Waals surface area contributed by atoms with E-state index in [4.69, 9.17) is 4.98 Å². The maximum Gasteiger partial charge on any atom is 0.271 e. The van der Waals surface area contributed by atoms with Crippen LogP contribution in [-0.4, -0.2) is 26.3 Å². The number of nitrogens with zero attached hydrogens (tertiary/aromatic N) is 3. The van der Waals surface area contributed by atoms with E-state index >= 15 is 0 Å². The van der Waals surface area contributed by atoms with Crippen molar-refractivity contribution in [3.8, 4) is 10.4 Å². The Bertz CT molecular complexity index is 1400. The van der Waals surface area contributed by atoms with Gasteiger partial charge in [0.1, 0.15) is 11.3 Å². The first kappa shape index (κ1) is 24.2. The number of allylic oxidation sites excluding steroid dienone is 5. The number of pyridine rings is 1. The fourth-order valence-electron chi connectivity index (χ4n) is 3.69. The van der Waals surface area contributed by atoms with E-state index in [-0.39, 0.29) is 5.91 Å². The molecular weight excluding hydrogens is 454 g/mol. The second kappa shape index (κ2) is 11.0. The first-order valence-electron chi connectivity index (χ1n) is 11.5. The summed E-state index contributed by atoms with van der Waals surface area (Å²) in [5, 5.41) is 7.20. The summed E-state index contributed by atoms with van der Waals surface area (Å²) in [5.74, 6) is -0.216. The van der Waals surface area contributed by atoms with E-state index in [1.807, 2.05) is 72.3 Å². The van der Waals surface area contributed by atoms with Crippen molar-refractivity contribution in [2.24, 2.45) is 0 Å². The SMILES string of the molecule is C=C/C=C(\C=C/C)c1cc(-c2cnc(NC(C)C)s2)cn2cc(C(=O)NCc3ccccc3)nc12. The number of carbonyl (C=O) groups is 1. The molecular formula is C28H29N5OS. The van der Waals surface area contributed by atoms with Crippen molar-refractivity contribution >= 4 is 33.6 Å². The van der Waals surface area contributed by atoms with Crippen molar-refractivity contribution in [2.45, 2.75) is 33.4 Å². The minimum absolute atomic E-state index is 0.216. The van der Waals surface area contributed by atoms with Crippen molar-refractivity contribution in [1.82, 2.24) is 19.7 Å². The zero-order chi connectivity index (χ0) is 24.8. The lowest BCUT2D eigenvalue weighted by molar-refractivity contribution is 0.0946. The zero-order valence-corrected chi connectivity index (χ0v) is 21.0. The Morgan fingerprint density at radius 1 is 1.23 bits per heavy atom. The van der Waals surface area contributed by atoms with Crippen LogP contribution in [0.5, 0.6) is 0 Å². The molecule has 3 aromatic heterocycles. The maximum absolute atomic E-state index is 12.9. The van der Waals surface area contributed by atoms with Crippen LogP contribution in [0, 0.1) is 0 Å². The molecule has 2 N–H and O–H groups in total. The van der Waals surface area contributed by atoms with Gasteiger partial charge in [0.15, 0.2) is 5.13 Å². The van der Waals surface area contributed by atoms with Crippen molar-refractivity contribution in [1.29, 1.82) is 0 Å². The maximum atomic E-state index is 12.9. The number of hydrogen-bond acceptors (Lipinski definition) is 5. The van der Waals surface area contributed by atoms with Gasteiger partial charge in [-0.15, -0.1) is 0 Å². The highest BCUT2D eigenvalue weighted by Gasteiger charge is 2.17. The van der Waals surface area contributed by atoms with Crippen LogP contribution in [-0.2, 0) is 6.54 Å². The molecule has 0 saturated carbocycles. The summed E-state index contributed by atoms with van der Waals surface area (Å²) in [6, 6.07) is 12.2. The summed E-state index contributed by atoms with van der Waals surface area (Å²) in [5.41, 5.74) is 4.97. The molecule has 0 spiro atoms. The first-order chi connectivity index (χ1) is 17.0. The average Bonchev–Trinajstić information content (AvgIpc) is 3.49. The third-order valence-corrected chi connectivity index (χ3v) is 6.21. The van der Waals surface area contributed by atoms with E-state index < -0.39 is 0 Å². The van der Waals surface area contributed by atoms with Gasteiger partial charge in [-0.2, -0.15) is 0 Å². The van der Waals surface area contributed by atoms with E-state index in [1.54, 1.807) is 23.6 Å². The summed E-state index contributed by atoms with van der Waals surface area (Å²) in [4.78, 5) is 23.2. The second-order valence-electron chi connectivity index (χ2n) is 8.35. The number of fused-ring (bicyclic) bond motifs is 1. The highest BCUT2D eigenvalue weighted by atomic mass is 32.1. The third-order valence-electron chi connectivity index (χ3n) is 5.24. The summed E-state index contributed by atoms with van der Waals surface area (Å²) in [6.07, 6.45) is 13.3. The van der Waals surface area contributed by atoms with Gasteiger partial charge in [0.2, 0.25) is 0 Å². The second-order valence-corrected chi connectivity index (χ2v) is 9.38. The molecule has 0 aliphatic rings. The number of hydrogen-bond donors (Lipinski definition) is 2. The van der Waals surface area contributed by atoms with Gasteiger partial charge in [0, 0.05) is 42.3 Å². The number of anilines is 1. The molecule has 0 aliphatic heterocycles. The van der Waals surface area contributed by atoms with Gasteiger partial charge in [-0.05, 0) is 38.0 Å². The minimum Gasteiger partial charge on any atom is -0.359 e. The van der Waals surface area contributed by atoms with Gasteiger partial charge < -0.3 is 15.0 Å². The number of imidazole rings is 1. The summed E-state index contributed by atoms with van der Waals surface area (Å²) in [6.45, 7) is 10.5. The Morgan fingerprint density at radius 2 is 2.03 bits per heavy atom. The van der Waals surface area contributed by atoms with Crippen LogP contribution in [0.15, 0.2) is 85.9 Å². The zero-order valence-electron chi connectivity index (χ0n) is 20.2. The smallest absolute Gasteiger partial charge is 0.271 e. The minimum atomic E-state index is -0.216. The Balaban J connectivity index is 1.75. The number of thiazole rings is 1. The van der Waals surface area contributed by atoms with Gasteiger partial charge in [0.05, 0.1) is 4.88 Å². The Morgan fingerprint density at radius 3 is 2.74 bits per heavy atom. The van der Waals surface area contributed by atoms with E-state index in [1.165, 1.54) is 0 Å². The highest BCUT2D eigenvalue weighted by molar-refractivity contribution is 7.18. The summed E-state index contributed by atoms with van der Waals surface area (Å²) in [7, 11) is 0. The number of aromatic nitrogens is 3. The molecule has 0 bridgehead atoms. The standard InChI is InChI=1S/C28H29N5OS/c1-5-10-21(11-6-2)23-14-22(25-16-30-28(35-25)31-19(3)4)17-33-18-24(32-26(23)33)27(34)29-15-20-12-8-7-9-13-20/h5-14,16-19H,1,15H2,2-4H3,(H,29,34)(H,30,31)/b11-6-,21-10+. The van der Waals surface area contributed by atoms with E-state index in [2.05, 4.69) is 42.1 Å². The molecule has 3 heterocycles. The van der Waals surface area contributed by atoms with Crippen LogP contribution in [0.3, 0.4) is 0 Å². The summed E-state index contributed by atoms with van der Waals surface area (Å²) >= 11 is 1.60. The largest absolute Gasteiger partial charge is 0.359 e. The van der Waals surface area contributed by atoms with Crippen LogP contribution < -0.4 is 10.6 Å². The van der Waals surface area contributed by atoms with E-state index in [0.717, 1.165) is 32.3 Å². The Hall–Kier alpha value is -3.97. The molecule has 1 amide bonds. The van der Waals surface area contributed by atoms with Crippen molar-refractivity contribution in [3.05, 3.63) is 103 Å². The van der Waals surface area contributed by atoms with Gasteiger partial charge in [-0.3, -0.25) is 4.79 Å². The molecule has 0 fully saturated rings. The number of rotatable bonds is 9. The quantitative estimate of drug-likeness (QED) is 0.272. The molecule has 0 saturated heterocycles. The topological polar surface area (TPSA) is 71.3 Å². The van der Waals surface area contributed by atoms with Crippen LogP contribution in [0.25, 0.3) is 21.7 Å². The van der Waals surface area contributed by atoms with Crippen molar-refractivity contribution < 1.29 is 4.79 Å². The normalized spacial score (nSPS) is 11.9. The average molecular weight is 484 g/mol. The molecule has 0 radical (unpaired) electrons. The predicted molar refractivity (Wildman–Crippen MR) is 146 cm³/mol. The third kappa shape index (κ3) is 5.75. The lowest BCUT2D eigenvalue weighted by atomic mass is 10.0. The Labute approximate surface area is 209 Å². The Kier molecular flexibility index (Phi) is 7.57. The number of nitrogens with one attached hydrogen (secondary N) is 2. The predicted octanol–water partition coefficient (Wildman–Crippen LogP) is 6.35. The molecule has 6 nitrogen and oxygen atoms in total. The fourth-order valence-corrected chi connectivity index (χ4v) is 4.63. The molecule has 35 heavy (non-hydrogen) atoms. The van der Waals surface area contributed by atoms with Gasteiger partial charge in [-0.1, -0.05) is 72.6 Å². The molecule has 178 valence electrons. The molecule has 1 aromatic carbocycles.